The van der Waals surface area contributed by atoms with Gasteiger partial charge >= 0.3 is 0 Å². The van der Waals surface area contributed by atoms with E-state index in [0.29, 0.717) is 5.89 Å². The van der Waals surface area contributed by atoms with Gasteiger partial charge in [0, 0.05) is 12.5 Å². The molecule has 1 N–H and O–H groups in total. The number of aromatic nitrogens is 2. The summed E-state index contributed by atoms with van der Waals surface area (Å²) >= 11 is 1.69. The van der Waals surface area contributed by atoms with E-state index in [-0.39, 0.29) is 6.04 Å². The summed E-state index contributed by atoms with van der Waals surface area (Å²) in [6.45, 7) is 3.01. The predicted molar refractivity (Wildman–Crippen MR) is 78.1 cm³/mol. The van der Waals surface area contributed by atoms with Crippen LogP contribution < -0.4 is 5.32 Å². The van der Waals surface area contributed by atoms with Crippen LogP contribution in [0.15, 0.2) is 34.9 Å². The molecule has 0 amide bonds. The topological polar surface area (TPSA) is 51.0 Å². The summed E-state index contributed by atoms with van der Waals surface area (Å²) < 4.78 is 5.30. The second-order valence-electron chi connectivity index (χ2n) is 4.26. The van der Waals surface area contributed by atoms with Crippen LogP contribution in [0.1, 0.15) is 30.2 Å². The molecule has 0 aliphatic heterocycles. The molecular formula is C14H19N3OS. The highest BCUT2D eigenvalue weighted by Gasteiger charge is 2.15. The van der Waals surface area contributed by atoms with Gasteiger partial charge in [-0.1, -0.05) is 42.4 Å². The molecule has 0 radical (unpaired) electrons. The highest BCUT2D eigenvalue weighted by atomic mass is 32.2. The van der Waals surface area contributed by atoms with E-state index in [2.05, 4.69) is 34.5 Å². The Morgan fingerprint density at radius 3 is 2.79 bits per heavy atom. The van der Waals surface area contributed by atoms with E-state index in [1.165, 1.54) is 5.56 Å². The van der Waals surface area contributed by atoms with Crippen molar-refractivity contribution >= 4 is 11.8 Å². The van der Waals surface area contributed by atoms with Gasteiger partial charge in [-0.2, -0.15) is 16.7 Å². The minimum Gasteiger partial charge on any atom is -0.339 e. The molecule has 5 heteroatoms. The molecule has 0 aliphatic rings. The van der Waals surface area contributed by atoms with E-state index < -0.39 is 0 Å². The Bertz CT molecular complexity index is 486. The van der Waals surface area contributed by atoms with Crippen LogP contribution in [0.4, 0.5) is 0 Å². The lowest BCUT2D eigenvalue weighted by molar-refractivity contribution is 0.356. The molecule has 2 aromatic rings. The van der Waals surface area contributed by atoms with Crippen LogP contribution in [0.5, 0.6) is 0 Å². The van der Waals surface area contributed by atoms with Gasteiger partial charge in [0.15, 0.2) is 5.82 Å². The third-order valence-electron chi connectivity index (χ3n) is 2.81. The van der Waals surface area contributed by atoms with Crippen molar-refractivity contribution in [1.29, 1.82) is 0 Å². The van der Waals surface area contributed by atoms with Crippen molar-refractivity contribution in [3.63, 3.8) is 0 Å². The van der Waals surface area contributed by atoms with Gasteiger partial charge in [-0.05, 0) is 18.4 Å². The van der Waals surface area contributed by atoms with Gasteiger partial charge in [0.2, 0.25) is 5.89 Å². The molecular weight excluding hydrogens is 258 g/mol. The maximum Gasteiger partial charge on any atom is 0.228 e. The Morgan fingerprint density at radius 2 is 2.11 bits per heavy atom. The first-order valence-corrected chi connectivity index (χ1v) is 7.81. The van der Waals surface area contributed by atoms with Crippen LogP contribution in [0.25, 0.3) is 0 Å². The van der Waals surface area contributed by atoms with Crippen LogP contribution in [-0.4, -0.2) is 22.9 Å². The Balaban J connectivity index is 2.07. The number of rotatable bonds is 7. The monoisotopic (exact) mass is 277 g/mol. The van der Waals surface area contributed by atoms with E-state index in [1.54, 1.807) is 11.8 Å². The molecule has 4 nitrogen and oxygen atoms in total. The standard InChI is InChI=1S/C14H19N3OS/c1-3-15-12(11-7-5-4-6-8-11)9-14-16-13(10-19-2)17-18-14/h4-8,12,15H,3,9-10H2,1-2H3. The number of benzene rings is 1. The van der Waals surface area contributed by atoms with Gasteiger partial charge in [0.25, 0.3) is 0 Å². The maximum absolute atomic E-state index is 5.30. The number of nitrogens with zero attached hydrogens (tertiary/aromatic N) is 2. The maximum atomic E-state index is 5.30. The van der Waals surface area contributed by atoms with Crippen molar-refractivity contribution in [3.8, 4) is 0 Å². The zero-order chi connectivity index (χ0) is 13.5. The average Bonchev–Trinajstić information content (AvgIpc) is 2.87. The number of nitrogens with one attached hydrogen (secondary N) is 1. The summed E-state index contributed by atoms with van der Waals surface area (Å²) in [5.74, 6) is 2.26. The van der Waals surface area contributed by atoms with Crippen LogP contribution in [-0.2, 0) is 12.2 Å². The molecule has 19 heavy (non-hydrogen) atoms. The smallest absolute Gasteiger partial charge is 0.228 e. The number of hydrogen-bond donors (Lipinski definition) is 1. The minimum absolute atomic E-state index is 0.216. The van der Waals surface area contributed by atoms with Gasteiger partial charge in [-0.25, -0.2) is 0 Å². The average molecular weight is 277 g/mol. The van der Waals surface area contributed by atoms with E-state index >= 15 is 0 Å². The first kappa shape index (κ1) is 14.1. The zero-order valence-electron chi connectivity index (χ0n) is 11.3. The van der Waals surface area contributed by atoms with E-state index in [1.807, 2.05) is 24.5 Å². The third-order valence-corrected chi connectivity index (χ3v) is 3.36. The van der Waals surface area contributed by atoms with E-state index in [0.717, 1.165) is 24.5 Å². The summed E-state index contributed by atoms with van der Waals surface area (Å²) in [4.78, 5) is 4.41. The van der Waals surface area contributed by atoms with Crippen molar-refractivity contribution in [2.75, 3.05) is 12.8 Å². The largest absolute Gasteiger partial charge is 0.339 e. The van der Waals surface area contributed by atoms with Crippen molar-refractivity contribution < 1.29 is 4.52 Å². The number of hydrogen-bond acceptors (Lipinski definition) is 5. The normalized spacial score (nSPS) is 12.5. The van der Waals surface area contributed by atoms with E-state index in [9.17, 15) is 0 Å². The molecule has 1 atom stereocenters. The fourth-order valence-electron chi connectivity index (χ4n) is 1.98. The van der Waals surface area contributed by atoms with Crippen molar-refractivity contribution in [3.05, 3.63) is 47.6 Å². The molecule has 0 fully saturated rings. The second-order valence-corrected chi connectivity index (χ2v) is 5.13. The number of likely N-dealkylation sites (N-methyl/N-ethyl adjacent to an activating group) is 1. The SMILES string of the molecule is CCNC(Cc1nc(CSC)no1)c1ccccc1. The fraction of sp³-hybridized carbons (Fsp3) is 0.429. The van der Waals surface area contributed by atoms with Crippen molar-refractivity contribution in [1.82, 2.24) is 15.5 Å². The molecule has 1 heterocycles. The van der Waals surface area contributed by atoms with Gasteiger partial charge in [-0.3, -0.25) is 0 Å². The molecule has 0 saturated carbocycles. The molecule has 0 aliphatic carbocycles. The van der Waals surface area contributed by atoms with Crippen LogP contribution >= 0.6 is 11.8 Å². The zero-order valence-corrected chi connectivity index (χ0v) is 12.1. The van der Waals surface area contributed by atoms with Gasteiger partial charge < -0.3 is 9.84 Å². The molecule has 1 aromatic heterocycles. The summed E-state index contributed by atoms with van der Waals surface area (Å²) in [6.07, 6.45) is 2.75. The minimum atomic E-state index is 0.216. The van der Waals surface area contributed by atoms with Crippen molar-refractivity contribution in [2.45, 2.75) is 25.1 Å². The molecule has 0 bridgehead atoms. The van der Waals surface area contributed by atoms with Crippen LogP contribution in [0.3, 0.4) is 0 Å². The van der Waals surface area contributed by atoms with Gasteiger partial charge in [-0.15, -0.1) is 0 Å². The predicted octanol–water partition coefficient (Wildman–Crippen LogP) is 2.83. The van der Waals surface area contributed by atoms with Crippen LogP contribution in [0, 0.1) is 0 Å². The quantitative estimate of drug-likeness (QED) is 0.843. The van der Waals surface area contributed by atoms with E-state index in [4.69, 9.17) is 4.52 Å². The first-order chi connectivity index (χ1) is 9.33. The first-order valence-electron chi connectivity index (χ1n) is 6.42. The van der Waals surface area contributed by atoms with Crippen molar-refractivity contribution in [2.24, 2.45) is 0 Å². The van der Waals surface area contributed by atoms with Crippen LogP contribution in [0.2, 0.25) is 0 Å². The fourth-order valence-corrected chi connectivity index (χ4v) is 2.35. The molecule has 0 spiro atoms. The summed E-state index contributed by atoms with van der Waals surface area (Å²) in [7, 11) is 0. The Hall–Kier alpha value is -1.33. The molecule has 2 rings (SSSR count). The lowest BCUT2D eigenvalue weighted by Crippen LogP contribution is -2.23. The molecule has 0 saturated heterocycles. The second kappa shape index (κ2) is 7.31. The summed E-state index contributed by atoms with van der Waals surface area (Å²) in [5.41, 5.74) is 1.24. The lowest BCUT2D eigenvalue weighted by atomic mass is 10.0. The molecule has 1 aromatic carbocycles. The molecule has 1 unspecified atom stereocenters. The number of thioether (sulfide) groups is 1. The van der Waals surface area contributed by atoms with Gasteiger partial charge in [0.1, 0.15) is 0 Å². The summed E-state index contributed by atoms with van der Waals surface area (Å²) in [5, 5.41) is 7.43. The highest BCUT2D eigenvalue weighted by molar-refractivity contribution is 7.97. The Morgan fingerprint density at radius 1 is 1.32 bits per heavy atom. The van der Waals surface area contributed by atoms with Gasteiger partial charge in [0.05, 0.1) is 5.75 Å². The third kappa shape index (κ3) is 4.08. The highest BCUT2D eigenvalue weighted by Crippen LogP contribution is 2.17. The summed E-state index contributed by atoms with van der Waals surface area (Å²) in [6, 6.07) is 10.6. The Kier molecular flexibility index (Phi) is 5.42. The Labute approximate surface area is 118 Å². The lowest BCUT2D eigenvalue weighted by Gasteiger charge is -2.16. The molecule has 102 valence electrons.